The molecule has 0 saturated heterocycles. The summed E-state index contributed by atoms with van der Waals surface area (Å²) in [7, 11) is 0. The maximum Gasteiger partial charge on any atom is 0.260 e. The molecule has 0 bridgehead atoms. The minimum atomic E-state index is -0.275. The number of pyridine rings is 1. The SMILES string of the molecule is Fc1ccc(-c2noc3nc(NC4CCc5ccccc54)ccc23)cc1. The van der Waals surface area contributed by atoms with E-state index in [1.807, 2.05) is 12.1 Å². The monoisotopic (exact) mass is 345 g/mol. The van der Waals surface area contributed by atoms with Gasteiger partial charge in [0.05, 0.1) is 11.4 Å². The number of aromatic nitrogens is 2. The third-order valence-corrected chi connectivity index (χ3v) is 4.91. The molecule has 5 rings (SSSR count). The Morgan fingerprint density at radius 3 is 2.73 bits per heavy atom. The molecule has 5 heteroatoms. The highest BCUT2D eigenvalue weighted by molar-refractivity contribution is 5.90. The van der Waals surface area contributed by atoms with Gasteiger partial charge >= 0.3 is 0 Å². The summed E-state index contributed by atoms with van der Waals surface area (Å²) in [4.78, 5) is 4.56. The Bertz CT molecular complexity index is 1090. The van der Waals surface area contributed by atoms with Gasteiger partial charge in [-0.15, -0.1) is 0 Å². The maximum absolute atomic E-state index is 13.1. The summed E-state index contributed by atoms with van der Waals surface area (Å²) in [6.07, 6.45) is 2.13. The fourth-order valence-electron chi connectivity index (χ4n) is 3.61. The van der Waals surface area contributed by atoms with Crippen LogP contribution >= 0.6 is 0 Å². The number of halogens is 1. The summed E-state index contributed by atoms with van der Waals surface area (Å²) >= 11 is 0. The Hall–Kier alpha value is -3.21. The highest BCUT2D eigenvalue weighted by Gasteiger charge is 2.22. The smallest absolute Gasteiger partial charge is 0.260 e. The lowest BCUT2D eigenvalue weighted by atomic mass is 10.1. The molecule has 128 valence electrons. The lowest BCUT2D eigenvalue weighted by Crippen LogP contribution is -2.08. The van der Waals surface area contributed by atoms with Gasteiger partial charge in [0.2, 0.25) is 0 Å². The van der Waals surface area contributed by atoms with Crippen molar-refractivity contribution in [2.45, 2.75) is 18.9 Å². The third-order valence-electron chi connectivity index (χ3n) is 4.91. The van der Waals surface area contributed by atoms with Crippen molar-refractivity contribution < 1.29 is 8.91 Å². The zero-order valence-corrected chi connectivity index (χ0v) is 13.9. The van der Waals surface area contributed by atoms with E-state index in [2.05, 4.69) is 39.7 Å². The van der Waals surface area contributed by atoms with Crippen LogP contribution in [0.2, 0.25) is 0 Å². The molecule has 0 saturated carbocycles. The van der Waals surface area contributed by atoms with Crippen LogP contribution in [0.4, 0.5) is 10.2 Å². The van der Waals surface area contributed by atoms with Gasteiger partial charge < -0.3 is 9.84 Å². The summed E-state index contributed by atoms with van der Waals surface area (Å²) < 4.78 is 18.5. The maximum atomic E-state index is 13.1. The van der Waals surface area contributed by atoms with E-state index in [1.165, 1.54) is 23.3 Å². The van der Waals surface area contributed by atoms with Gasteiger partial charge in [0, 0.05) is 5.56 Å². The fourth-order valence-corrected chi connectivity index (χ4v) is 3.61. The third kappa shape index (κ3) is 2.52. The highest BCUT2D eigenvalue weighted by Crippen LogP contribution is 2.34. The molecule has 4 nitrogen and oxygen atoms in total. The molecule has 1 atom stereocenters. The standard InChI is InChI=1S/C21H16FN3O/c22-15-8-5-14(6-9-15)20-17-10-12-19(24-21(17)26-25-20)23-18-11-7-13-3-1-2-4-16(13)18/h1-6,8-10,12,18H,7,11H2,(H,23,24). The van der Waals surface area contributed by atoms with E-state index in [1.54, 1.807) is 12.1 Å². The van der Waals surface area contributed by atoms with Crippen molar-refractivity contribution in [1.82, 2.24) is 10.1 Å². The first-order valence-corrected chi connectivity index (χ1v) is 8.65. The van der Waals surface area contributed by atoms with Crippen molar-refractivity contribution in [2.24, 2.45) is 0 Å². The van der Waals surface area contributed by atoms with Gasteiger partial charge in [-0.25, -0.2) is 4.39 Å². The van der Waals surface area contributed by atoms with Crippen LogP contribution in [-0.2, 0) is 6.42 Å². The minimum Gasteiger partial charge on any atom is -0.363 e. The van der Waals surface area contributed by atoms with Crippen LogP contribution in [0.15, 0.2) is 65.2 Å². The number of aryl methyl sites for hydroxylation is 1. The van der Waals surface area contributed by atoms with E-state index < -0.39 is 0 Å². The van der Waals surface area contributed by atoms with Crippen LogP contribution in [0, 0.1) is 5.82 Å². The lowest BCUT2D eigenvalue weighted by molar-refractivity contribution is 0.451. The van der Waals surface area contributed by atoms with E-state index in [0.717, 1.165) is 29.6 Å². The first-order valence-electron chi connectivity index (χ1n) is 8.65. The summed E-state index contributed by atoms with van der Waals surface area (Å²) in [5.41, 5.74) is 4.67. The molecular formula is C21H16FN3O. The van der Waals surface area contributed by atoms with E-state index in [0.29, 0.717) is 11.4 Å². The fraction of sp³-hybridized carbons (Fsp3) is 0.143. The summed E-state index contributed by atoms with van der Waals surface area (Å²) in [6.45, 7) is 0. The summed E-state index contributed by atoms with van der Waals surface area (Å²) in [5, 5.41) is 8.43. The first-order chi connectivity index (χ1) is 12.8. The predicted octanol–water partition coefficient (Wildman–Crippen LogP) is 5.13. The van der Waals surface area contributed by atoms with Gasteiger partial charge in [0.1, 0.15) is 17.3 Å². The second-order valence-electron chi connectivity index (χ2n) is 6.52. The second-order valence-corrected chi connectivity index (χ2v) is 6.52. The lowest BCUT2D eigenvalue weighted by Gasteiger charge is -2.14. The minimum absolute atomic E-state index is 0.260. The van der Waals surface area contributed by atoms with Crippen LogP contribution in [0.3, 0.4) is 0 Å². The van der Waals surface area contributed by atoms with Crippen LogP contribution in [0.1, 0.15) is 23.6 Å². The van der Waals surface area contributed by atoms with Gasteiger partial charge in [-0.2, -0.15) is 4.98 Å². The normalized spacial score (nSPS) is 16.0. The Labute approximate surface area is 149 Å². The number of fused-ring (bicyclic) bond motifs is 2. The average molecular weight is 345 g/mol. The van der Waals surface area contributed by atoms with Gasteiger partial charge in [-0.3, -0.25) is 0 Å². The molecule has 4 aromatic rings. The van der Waals surface area contributed by atoms with E-state index >= 15 is 0 Å². The van der Waals surface area contributed by atoms with Crippen LogP contribution in [0.25, 0.3) is 22.4 Å². The van der Waals surface area contributed by atoms with Gasteiger partial charge in [0.15, 0.2) is 0 Å². The molecule has 0 radical (unpaired) electrons. The molecule has 1 aliphatic carbocycles. The predicted molar refractivity (Wildman–Crippen MR) is 98.3 cm³/mol. The van der Waals surface area contributed by atoms with Crippen molar-refractivity contribution in [3.8, 4) is 11.3 Å². The van der Waals surface area contributed by atoms with Gasteiger partial charge in [0.25, 0.3) is 5.71 Å². The molecule has 0 aliphatic heterocycles. The van der Waals surface area contributed by atoms with Crippen molar-refractivity contribution in [2.75, 3.05) is 5.32 Å². The molecule has 0 amide bonds. The van der Waals surface area contributed by atoms with Gasteiger partial charge in [-0.05, 0) is 60.4 Å². The van der Waals surface area contributed by atoms with E-state index in [4.69, 9.17) is 4.52 Å². The number of nitrogens with one attached hydrogen (secondary N) is 1. The Morgan fingerprint density at radius 1 is 1.00 bits per heavy atom. The number of rotatable bonds is 3. The molecular weight excluding hydrogens is 329 g/mol. The first kappa shape index (κ1) is 15.1. The van der Waals surface area contributed by atoms with Crippen LogP contribution in [-0.4, -0.2) is 10.1 Å². The zero-order valence-electron chi connectivity index (χ0n) is 13.9. The number of hydrogen-bond donors (Lipinski definition) is 1. The summed E-state index contributed by atoms with van der Waals surface area (Å²) in [5.74, 6) is 0.490. The van der Waals surface area contributed by atoms with Crippen molar-refractivity contribution in [3.05, 3.63) is 77.6 Å². The topological polar surface area (TPSA) is 51.0 Å². The average Bonchev–Trinajstić information content (AvgIpc) is 3.27. The molecule has 2 heterocycles. The van der Waals surface area contributed by atoms with E-state index in [-0.39, 0.29) is 11.9 Å². The van der Waals surface area contributed by atoms with Crippen LogP contribution in [0.5, 0.6) is 0 Å². The molecule has 2 aromatic carbocycles. The van der Waals surface area contributed by atoms with Crippen LogP contribution < -0.4 is 5.32 Å². The molecule has 26 heavy (non-hydrogen) atoms. The quantitative estimate of drug-likeness (QED) is 0.559. The number of benzene rings is 2. The Balaban J connectivity index is 1.45. The zero-order chi connectivity index (χ0) is 17.5. The number of anilines is 1. The molecule has 1 N–H and O–H groups in total. The molecule has 2 aromatic heterocycles. The van der Waals surface area contributed by atoms with Crippen molar-refractivity contribution in [1.29, 1.82) is 0 Å². The van der Waals surface area contributed by atoms with E-state index in [9.17, 15) is 4.39 Å². The number of hydrogen-bond acceptors (Lipinski definition) is 4. The molecule has 0 fully saturated rings. The second kappa shape index (κ2) is 5.95. The van der Waals surface area contributed by atoms with Crippen molar-refractivity contribution in [3.63, 3.8) is 0 Å². The molecule has 1 aliphatic rings. The Morgan fingerprint density at radius 2 is 1.85 bits per heavy atom. The number of nitrogens with zero attached hydrogens (tertiary/aromatic N) is 2. The van der Waals surface area contributed by atoms with Crippen molar-refractivity contribution >= 4 is 16.9 Å². The summed E-state index contributed by atoms with van der Waals surface area (Å²) in [6, 6.07) is 18.8. The largest absolute Gasteiger partial charge is 0.363 e. The molecule has 0 spiro atoms. The molecule has 1 unspecified atom stereocenters. The van der Waals surface area contributed by atoms with Gasteiger partial charge in [-0.1, -0.05) is 29.4 Å². The highest BCUT2D eigenvalue weighted by atomic mass is 19.1. The Kier molecular flexibility index (Phi) is 3.45.